The molecule has 21 heavy (non-hydrogen) atoms. The molecule has 0 radical (unpaired) electrons. The van der Waals surface area contributed by atoms with E-state index in [1.807, 2.05) is 12.1 Å². The quantitative estimate of drug-likeness (QED) is 0.890. The summed E-state index contributed by atoms with van der Waals surface area (Å²) in [5.74, 6) is 0.186. The van der Waals surface area contributed by atoms with E-state index in [1.165, 1.54) is 12.1 Å². The number of nitrogens with two attached hydrogens (primary N) is 1. The summed E-state index contributed by atoms with van der Waals surface area (Å²) in [5.41, 5.74) is 6.98. The van der Waals surface area contributed by atoms with E-state index in [0.29, 0.717) is 17.7 Å². The predicted molar refractivity (Wildman–Crippen MR) is 76.3 cm³/mol. The Labute approximate surface area is 121 Å². The van der Waals surface area contributed by atoms with Crippen LogP contribution in [0.25, 0.3) is 11.1 Å². The van der Waals surface area contributed by atoms with Gasteiger partial charge < -0.3 is 15.6 Å². The fraction of sp³-hybridized carbons (Fsp3) is 0.133. The average Bonchev–Trinajstić information content (AvgIpc) is 2.48. The summed E-state index contributed by atoms with van der Waals surface area (Å²) >= 11 is 0. The Morgan fingerprint density at radius 2 is 1.81 bits per heavy atom. The third-order valence-electron chi connectivity index (χ3n) is 2.85. The molecule has 1 aromatic heterocycles. The fourth-order valence-corrected chi connectivity index (χ4v) is 1.96. The van der Waals surface area contributed by atoms with Gasteiger partial charge in [0.25, 0.3) is 0 Å². The number of benzene rings is 1. The van der Waals surface area contributed by atoms with Crippen molar-refractivity contribution in [3.8, 4) is 34.9 Å². The van der Waals surface area contributed by atoms with Crippen LogP contribution in [-0.4, -0.2) is 16.7 Å². The lowest BCUT2D eigenvalue weighted by molar-refractivity contribution is 0.326. The Morgan fingerprint density at radius 1 is 1.19 bits per heavy atom. The molecule has 0 aliphatic heterocycles. The molecule has 6 heteroatoms. The predicted octanol–water partition coefficient (Wildman–Crippen LogP) is 2.18. The molecule has 2 rings (SSSR count). The van der Waals surface area contributed by atoms with Crippen molar-refractivity contribution in [2.75, 3.05) is 12.3 Å². The van der Waals surface area contributed by atoms with Gasteiger partial charge in [0.15, 0.2) is 0 Å². The fourth-order valence-electron chi connectivity index (χ4n) is 1.96. The molecule has 6 nitrogen and oxygen atoms in total. The molecule has 0 fully saturated rings. The van der Waals surface area contributed by atoms with Crippen LogP contribution in [0.15, 0.2) is 24.3 Å². The number of nitriles is 2. The lowest BCUT2D eigenvalue weighted by atomic mass is 9.96. The van der Waals surface area contributed by atoms with Crippen molar-refractivity contribution in [2.45, 2.75) is 6.92 Å². The Bertz CT molecular complexity index is 755. The zero-order valence-electron chi connectivity index (χ0n) is 11.3. The number of phenols is 1. The van der Waals surface area contributed by atoms with Gasteiger partial charge >= 0.3 is 0 Å². The number of aromatic hydroxyl groups is 1. The van der Waals surface area contributed by atoms with Crippen molar-refractivity contribution in [1.82, 2.24) is 4.98 Å². The molecule has 0 atom stereocenters. The van der Waals surface area contributed by atoms with Crippen LogP contribution in [0.2, 0.25) is 0 Å². The zero-order valence-corrected chi connectivity index (χ0v) is 11.3. The molecule has 0 bridgehead atoms. The zero-order chi connectivity index (χ0) is 15.4. The van der Waals surface area contributed by atoms with Gasteiger partial charge in [0.2, 0.25) is 5.88 Å². The summed E-state index contributed by atoms with van der Waals surface area (Å²) < 4.78 is 5.32. The van der Waals surface area contributed by atoms with Crippen LogP contribution in [-0.2, 0) is 0 Å². The van der Waals surface area contributed by atoms with E-state index < -0.39 is 0 Å². The Kier molecular flexibility index (Phi) is 3.92. The van der Waals surface area contributed by atoms with E-state index in [9.17, 15) is 15.6 Å². The molecule has 3 N–H and O–H groups in total. The Hall–Kier alpha value is -3.25. The first kappa shape index (κ1) is 14.2. The van der Waals surface area contributed by atoms with Gasteiger partial charge in [0.05, 0.1) is 6.61 Å². The average molecular weight is 280 g/mol. The molecule has 104 valence electrons. The van der Waals surface area contributed by atoms with Crippen LogP contribution in [0.3, 0.4) is 0 Å². The molecule has 1 heterocycles. The molecular formula is C15H12N4O2. The number of pyridine rings is 1. The van der Waals surface area contributed by atoms with Crippen LogP contribution in [0.4, 0.5) is 5.82 Å². The second-order valence-corrected chi connectivity index (χ2v) is 4.13. The normalized spacial score (nSPS) is 9.67. The lowest BCUT2D eigenvalue weighted by Crippen LogP contribution is -2.05. The van der Waals surface area contributed by atoms with Crippen molar-refractivity contribution >= 4 is 5.82 Å². The molecule has 0 saturated carbocycles. The third kappa shape index (κ3) is 2.56. The monoisotopic (exact) mass is 280 g/mol. The number of rotatable bonds is 3. The van der Waals surface area contributed by atoms with Crippen LogP contribution >= 0.6 is 0 Å². The number of ether oxygens (including phenoxy) is 1. The minimum absolute atomic E-state index is 0.00280. The van der Waals surface area contributed by atoms with E-state index in [-0.39, 0.29) is 28.6 Å². The number of hydrogen-bond donors (Lipinski definition) is 2. The third-order valence-corrected chi connectivity index (χ3v) is 2.85. The van der Waals surface area contributed by atoms with Crippen molar-refractivity contribution in [3.05, 3.63) is 35.4 Å². The largest absolute Gasteiger partial charge is 0.508 e. The summed E-state index contributed by atoms with van der Waals surface area (Å²) in [5, 5.41) is 28.0. The maximum Gasteiger partial charge on any atom is 0.234 e. The topological polar surface area (TPSA) is 116 Å². The molecule has 2 aromatic rings. The minimum Gasteiger partial charge on any atom is -0.508 e. The summed E-state index contributed by atoms with van der Waals surface area (Å²) in [6.45, 7) is 2.08. The van der Waals surface area contributed by atoms with Crippen LogP contribution in [0.5, 0.6) is 11.6 Å². The van der Waals surface area contributed by atoms with Crippen LogP contribution < -0.4 is 10.5 Å². The van der Waals surface area contributed by atoms with Crippen molar-refractivity contribution in [3.63, 3.8) is 0 Å². The minimum atomic E-state index is 0.00280. The van der Waals surface area contributed by atoms with E-state index in [0.717, 1.165) is 0 Å². The van der Waals surface area contributed by atoms with Crippen molar-refractivity contribution in [2.24, 2.45) is 0 Å². The highest BCUT2D eigenvalue weighted by atomic mass is 16.5. The van der Waals surface area contributed by atoms with Gasteiger partial charge in [-0.2, -0.15) is 15.5 Å². The van der Waals surface area contributed by atoms with Crippen molar-refractivity contribution in [1.29, 1.82) is 10.5 Å². The lowest BCUT2D eigenvalue weighted by Gasteiger charge is -2.13. The standard InChI is InChI=1S/C15H12N4O2/c1-2-21-15-12(8-17)13(11(7-16)14(18)19-15)9-3-5-10(20)6-4-9/h3-6,20H,2H2,1H3,(H2,18,19). The second-order valence-electron chi connectivity index (χ2n) is 4.13. The molecule has 0 spiro atoms. The highest BCUT2D eigenvalue weighted by molar-refractivity contribution is 5.82. The smallest absolute Gasteiger partial charge is 0.234 e. The summed E-state index contributed by atoms with van der Waals surface area (Å²) in [7, 11) is 0. The molecule has 0 saturated heterocycles. The highest BCUT2D eigenvalue weighted by Crippen LogP contribution is 2.35. The molecule has 0 aliphatic carbocycles. The molecular weight excluding hydrogens is 268 g/mol. The molecule has 0 amide bonds. The number of nitrogen functional groups attached to an aromatic ring is 1. The maximum absolute atomic E-state index is 9.38. The van der Waals surface area contributed by atoms with Gasteiger partial charge in [-0.05, 0) is 24.6 Å². The van der Waals surface area contributed by atoms with E-state index in [2.05, 4.69) is 4.98 Å². The number of phenolic OH excluding ortho intramolecular Hbond substituents is 1. The van der Waals surface area contributed by atoms with Gasteiger partial charge in [0.1, 0.15) is 34.8 Å². The molecule has 1 aromatic carbocycles. The second kappa shape index (κ2) is 5.81. The van der Waals surface area contributed by atoms with Crippen molar-refractivity contribution < 1.29 is 9.84 Å². The van der Waals surface area contributed by atoms with Gasteiger partial charge in [-0.1, -0.05) is 12.1 Å². The summed E-state index contributed by atoms with van der Waals surface area (Å²) in [4.78, 5) is 3.97. The van der Waals surface area contributed by atoms with Crippen LogP contribution in [0, 0.1) is 22.7 Å². The van der Waals surface area contributed by atoms with Gasteiger partial charge in [-0.25, -0.2) is 0 Å². The first-order valence-corrected chi connectivity index (χ1v) is 6.18. The first-order valence-electron chi connectivity index (χ1n) is 6.18. The summed E-state index contributed by atoms with van der Waals surface area (Å²) in [6.07, 6.45) is 0. The number of nitrogens with zero attached hydrogens (tertiary/aromatic N) is 3. The van der Waals surface area contributed by atoms with E-state index in [1.54, 1.807) is 19.1 Å². The van der Waals surface area contributed by atoms with Gasteiger partial charge in [-0.15, -0.1) is 0 Å². The maximum atomic E-state index is 9.38. The molecule has 0 unspecified atom stereocenters. The number of aromatic nitrogens is 1. The Morgan fingerprint density at radius 3 is 2.33 bits per heavy atom. The number of hydrogen-bond acceptors (Lipinski definition) is 6. The Balaban J connectivity index is 2.81. The summed E-state index contributed by atoms with van der Waals surface area (Å²) in [6, 6.07) is 10.1. The number of anilines is 1. The van der Waals surface area contributed by atoms with E-state index >= 15 is 0 Å². The van der Waals surface area contributed by atoms with Gasteiger partial charge in [0, 0.05) is 5.56 Å². The van der Waals surface area contributed by atoms with E-state index in [4.69, 9.17) is 10.5 Å². The highest BCUT2D eigenvalue weighted by Gasteiger charge is 2.20. The van der Waals surface area contributed by atoms with Crippen LogP contribution in [0.1, 0.15) is 18.1 Å². The first-order chi connectivity index (χ1) is 10.1. The SMILES string of the molecule is CCOc1nc(N)c(C#N)c(-c2ccc(O)cc2)c1C#N. The van der Waals surface area contributed by atoms with Gasteiger partial charge in [-0.3, -0.25) is 0 Å². The molecule has 0 aliphatic rings.